The van der Waals surface area contributed by atoms with Crippen molar-refractivity contribution in [2.75, 3.05) is 12.4 Å². The number of hydrogen-bond donors (Lipinski definition) is 1. The Labute approximate surface area is 87.9 Å². The maximum atomic E-state index is 3.10. The second-order valence-corrected chi connectivity index (χ2v) is 4.40. The second-order valence-electron chi connectivity index (χ2n) is 1.91. The third-order valence-electron chi connectivity index (χ3n) is 1.15. The predicted octanol–water partition coefficient (Wildman–Crippen LogP) is 2.94. The van der Waals surface area contributed by atoms with Crippen LogP contribution in [-0.4, -0.2) is 7.05 Å². The molecule has 0 aliphatic heterocycles. The molecule has 0 bridgehead atoms. The number of benzene rings is 1. The fourth-order valence-corrected chi connectivity index (χ4v) is 2.64. The minimum absolute atomic E-state index is 1.18. The topological polar surface area (TPSA) is 12.0 Å². The molecular formula is C7H7I2N. The van der Waals surface area contributed by atoms with E-state index in [2.05, 4.69) is 68.7 Å². The molecule has 0 fully saturated rings. The molecule has 10 heavy (non-hydrogen) atoms. The van der Waals surface area contributed by atoms with Crippen molar-refractivity contribution in [2.24, 2.45) is 0 Å². The first-order valence-corrected chi connectivity index (χ1v) is 5.02. The van der Waals surface area contributed by atoms with E-state index < -0.39 is 0 Å². The van der Waals surface area contributed by atoms with E-state index in [1.54, 1.807) is 0 Å². The lowest BCUT2D eigenvalue weighted by Crippen LogP contribution is -1.88. The normalized spacial score (nSPS) is 9.50. The van der Waals surface area contributed by atoms with Gasteiger partial charge in [-0.2, -0.15) is 0 Å². The van der Waals surface area contributed by atoms with Crippen LogP contribution in [0.2, 0.25) is 0 Å². The van der Waals surface area contributed by atoms with E-state index in [9.17, 15) is 0 Å². The maximum Gasteiger partial charge on any atom is 0.0358 e. The van der Waals surface area contributed by atoms with Crippen molar-refractivity contribution in [2.45, 2.75) is 0 Å². The summed E-state index contributed by atoms with van der Waals surface area (Å²) in [5, 5.41) is 3.10. The van der Waals surface area contributed by atoms with E-state index in [1.807, 2.05) is 7.05 Å². The Balaban J connectivity index is 3.06. The van der Waals surface area contributed by atoms with Crippen LogP contribution in [0.1, 0.15) is 0 Å². The molecule has 0 aliphatic rings. The van der Waals surface area contributed by atoms with Crippen molar-refractivity contribution >= 4 is 50.9 Å². The molecule has 0 amide bonds. The average Bonchev–Trinajstić information content (AvgIpc) is 1.85. The first-order valence-electron chi connectivity index (χ1n) is 2.86. The number of hydrogen-bond acceptors (Lipinski definition) is 1. The van der Waals surface area contributed by atoms with Crippen molar-refractivity contribution in [1.29, 1.82) is 0 Å². The molecule has 54 valence electrons. The predicted molar refractivity (Wildman–Crippen MR) is 61.4 cm³/mol. The van der Waals surface area contributed by atoms with Crippen molar-refractivity contribution in [3.05, 3.63) is 25.3 Å². The average molecular weight is 359 g/mol. The standard InChI is InChI=1S/C7H7I2N/c1-10-7-3-5(8)2-6(9)4-7/h2-4,10H,1H3. The molecule has 3 heteroatoms. The van der Waals surface area contributed by atoms with Crippen LogP contribution in [0.25, 0.3) is 0 Å². The van der Waals surface area contributed by atoms with Crippen molar-refractivity contribution in [3.63, 3.8) is 0 Å². The van der Waals surface area contributed by atoms with Gasteiger partial charge in [0.1, 0.15) is 0 Å². The molecule has 0 spiro atoms. The summed E-state index contributed by atoms with van der Waals surface area (Å²) in [4.78, 5) is 0. The summed E-state index contributed by atoms with van der Waals surface area (Å²) in [5.74, 6) is 0. The quantitative estimate of drug-likeness (QED) is 0.761. The van der Waals surface area contributed by atoms with Crippen molar-refractivity contribution < 1.29 is 0 Å². The molecule has 1 aromatic rings. The lowest BCUT2D eigenvalue weighted by atomic mass is 10.3. The summed E-state index contributed by atoms with van der Waals surface area (Å²) in [5.41, 5.74) is 1.18. The molecule has 0 unspecified atom stereocenters. The Morgan fingerprint density at radius 2 is 1.60 bits per heavy atom. The largest absolute Gasteiger partial charge is 0.388 e. The van der Waals surface area contributed by atoms with Gasteiger partial charge in [0.15, 0.2) is 0 Å². The molecule has 0 aliphatic carbocycles. The minimum atomic E-state index is 1.18. The van der Waals surface area contributed by atoms with Gasteiger partial charge in [-0.25, -0.2) is 0 Å². The minimum Gasteiger partial charge on any atom is -0.388 e. The van der Waals surface area contributed by atoms with Crippen LogP contribution >= 0.6 is 45.2 Å². The van der Waals surface area contributed by atoms with E-state index in [1.165, 1.54) is 12.8 Å². The lowest BCUT2D eigenvalue weighted by Gasteiger charge is -2.00. The highest BCUT2D eigenvalue weighted by Crippen LogP contribution is 2.17. The van der Waals surface area contributed by atoms with Crippen LogP contribution in [0.3, 0.4) is 0 Å². The first kappa shape index (κ1) is 8.58. The molecule has 1 aromatic carbocycles. The lowest BCUT2D eigenvalue weighted by molar-refractivity contribution is 1.48. The molecule has 0 radical (unpaired) electrons. The van der Waals surface area contributed by atoms with Crippen LogP contribution in [0.4, 0.5) is 5.69 Å². The van der Waals surface area contributed by atoms with Crippen LogP contribution < -0.4 is 5.32 Å². The summed E-state index contributed by atoms with van der Waals surface area (Å²) in [6, 6.07) is 6.37. The molecule has 0 heterocycles. The highest BCUT2D eigenvalue weighted by atomic mass is 127. The number of halogens is 2. The zero-order valence-electron chi connectivity index (χ0n) is 5.49. The molecule has 0 aromatic heterocycles. The van der Waals surface area contributed by atoms with Gasteiger partial charge in [0, 0.05) is 19.9 Å². The molecule has 0 saturated carbocycles. The third-order valence-corrected chi connectivity index (χ3v) is 2.40. The Morgan fingerprint density at radius 1 is 1.10 bits per heavy atom. The fourth-order valence-electron chi connectivity index (χ4n) is 0.698. The molecule has 1 N–H and O–H groups in total. The van der Waals surface area contributed by atoms with Gasteiger partial charge in [-0.3, -0.25) is 0 Å². The maximum absolute atomic E-state index is 3.10. The van der Waals surface area contributed by atoms with Crippen LogP contribution in [0.5, 0.6) is 0 Å². The Bertz CT molecular complexity index is 215. The molecule has 1 nitrogen and oxygen atoms in total. The summed E-state index contributed by atoms with van der Waals surface area (Å²) in [6.45, 7) is 0. The number of rotatable bonds is 1. The molecule has 1 rings (SSSR count). The van der Waals surface area contributed by atoms with E-state index in [-0.39, 0.29) is 0 Å². The van der Waals surface area contributed by atoms with Crippen molar-refractivity contribution in [1.82, 2.24) is 0 Å². The SMILES string of the molecule is CNc1cc(I)cc(I)c1. The van der Waals surface area contributed by atoms with Crippen LogP contribution in [0.15, 0.2) is 18.2 Å². The van der Waals surface area contributed by atoms with Gasteiger partial charge in [-0.05, 0) is 63.4 Å². The van der Waals surface area contributed by atoms with Gasteiger partial charge in [-0.1, -0.05) is 0 Å². The van der Waals surface area contributed by atoms with Gasteiger partial charge in [0.25, 0.3) is 0 Å². The third kappa shape index (κ3) is 2.26. The highest BCUT2D eigenvalue weighted by molar-refractivity contribution is 14.1. The van der Waals surface area contributed by atoms with Gasteiger partial charge in [-0.15, -0.1) is 0 Å². The van der Waals surface area contributed by atoms with E-state index in [4.69, 9.17) is 0 Å². The zero-order valence-corrected chi connectivity index (χ0v) is 9.80. The van der Waals surface area contributed by atoms with Gasteiger partial charge in [0.2, 0.25) is 0 Å². The highest BCUT2D eigenvalue weighted by Gasteiger charge is 1.92. The van der Waals surface area contributed by atoms with Gasteiger partial charge in [0.05, 0.1) is 0 Å². The number of nitrogens with one attached hydrogen (secondary N) is 1. The van der Waals surface area contributed by atoms with Crippen LogP contribution in [-0.2, 0) is 0 Å². The Kier molecular flexibility index (Phi) is 3.22. The second kappa shape index (κ2) is 3.75. The zero-order chi connectivity index (χ0) is 7.56. The molecular weight excluding hydrogens is 352 g/mol. The first-order chi connectivity index (χ1) is 4.72. The van der Waals surface area contributed by atoms with E-state index in [0.717, 1.165) is 0 Å². The van der Waals surface area contributed by atoms with Crippen molar-refractivity contribution in [3.8, 4) is 0 Å². The monoisotopic (exact) mass is 359 g/mol. The molecule has 0 saturated heterocycles. The fraction of sp³-hybridized carbons (Fsp3) is 0.143. The number of anilines is 1. The van der Waals surface area contributed by atoms with E-state index in [0.29, 0.717) is 0 Å². The van der Waals surface area contributed by atoms with Crippen LogP contribution in [0, 0.1) is 7.14 Å². The molecule has 0 atom stereocenters. The Hall–Kier alpha value is 0.480. The summed E-state index contributed by atoms with van der Waals surface area (Å²) >= 11 is 4.62. The summed E-state index contributed by atoms with van der Waals surface area (Å²) in [6.07, 6.45) is 0. The van der Waals surface area contributed by atoms with Gasteiger partial charge < -0.3 is 5.32 Å². The smallest absolute Gasteiger partial charge is 0.0358 e. The Morgan fingerprint density at radius 3 is 2.00 bits per heavy atom. The van der Waals surface area contributed by atoms with E-state index >= 15 is 0 Å². The summed E-state index contributed by atoms with van der Waals surface area (Å²) < 4.78 is 2.54. The van der Waals surface area contributed by atoms with Gasteiger partial charge >= 0.3 is 0 Å². The summed E-state index contributed by atoms with van der Waals surface area (Å²) in [7, 11) is 1.93.